The molecule has 0 amide bonds. The highest BCUT2D eigenvalue weighted by Gasteiger charge is 2.22. The van der Waals surface area contributed by atoms with Crippen molar-refractivity contribution in [3.05, 3.63) is 57.3 Å². The fourth-order valence-corrected chi connectivity index (χ4v) is 3.48. The Morgan fingerprint density at radius 3 is 2.88 bits per heavy atom. The molecule has 1 atom stereocenters. The highest BCUT2D eigenvalue weighted by atomic mass is 32.1. The van der Waals surface area contributed by atoms with E-state index in [4.69, 9.17) is 0 Å². The third-order valence-corrected chi connectivity index (χ3v) is 4.24. The van der Waals surface area contributed by atoms with Gasteiger partial charge in [-0.25, -0.2) is 0 Å². The summed E-state index contributed by atoms with van der Waals surface area (Å²) < 4.78 is 0. The Kier molecular flexibility index (Phi) is 2.54. The Bertz CT molecular complexity index is 487. The molecule has 0 fully saturated rings. The molecular formula is C14H15NS. The van der Waals surface area contributed by atoms with E-state index in [1.807, 2.05) is 11.3 Å². The molecule has 2 aromatic rings. The molecule has 2 heterocycles. The van der Waals surface area contributed by atoms with E-state index in [9.17, 15) is 0 Å². The first-order valence-electron chi connectivity index (χ1n) is 5.72. The van der Waals surface area contributed by atoms with E-state index >= 15 is 0 Å². The molecule has 3 rings (SSSR count). The zero-order chi connectivity index (χ0) is 11.0. The summed E-state index contributed by atoms with van der Waals surface area (Å²) >= 11 is 1.95. The molecule has 1 aliphatic rings. The van der Waals surface area contributed by atoms with Crippen LogP contribution < -0.4 is 5.32 Å². The van der Waals surface area contributed by atoms with Crippen molar-refractivity contribution in [1.29, 1.82) is 0 Å². The fourth-order valence-electron chi connectivity index (χ4n) is 2.40. The largest absolute Gasteiger partial charge is 0.306 e. The number of rotatable bonds is 1. The van der Waals surface area contributed by atoms with Crippen molar-refractivity contribution < 1.29 is 0 Å². The lowest BCUT2D eigenvalue weighted by Gasteiger charge is -2.24. The maximum absolute atomic E-state index is 3.61. The highest BCUT2D eigenvalue weighted by Crippen LogP contribution is 2.33. The van der Waals surface area contributed by atoms with E-state index in [-0.39, 0.29) is 0 Å². The molecule has 0 aliphatic carbocycles. The van der Waals surface area contributed by atoms with Gasteiger partial charge in [-0.2, -0.15) is 0 Å². The third-order valence-electron chi connectivity index (χ3n) is 3.11. The van der Waals surface area contributed by atoms with Crippen molar-refractivity contribution in [3.63, 3.8) is 0 Å². The molecule has 2 heteroatoms. The molecule has 1 aromatic heterocycles. The van der Waals surface area contributed by atoms with Crippen molar-refractivity contribution in [2.45, 2.75) is 19.4 Å². The second-order valence-electron chi connectivity index (χ2n) is 4.28. The number of hydrogen-bond donors (Lipinski definition) is 1. The van der Waals surface area contributed by atoms with Crippen LogP contribution in [0, 0.1) is 6.92 Å². The SMILES string of the molecule is Cc1cc2c(s1)CCNC2c1ccccc1. The average molecular weight is 229 g/mol. The smallest absolute Gasteiger partial charge is 0.0587 e. The summed E-state index contributed by atoms with van der Waals surface area (Å²) in [5, 5.41) is 3.61. The number of nitrogens with one attached hydrogen (secondary N) is 1. The second-order valence-corrected chi connectivity index (χ2v) is 5.62. The van der Waals surface area contributed by atoms with Crippen LogP contribution in [-0.2, 0) is 6.42 Å². The predicted octanol–water partition coefficient (Wildman–Crippen LogP) is 3.29. The van der Waals surface area contributed by atoms with Gasteiger partial charge in [-0.05, 0) is 30.5 Å². The van der Waals surface area contributed by atoms with Crippen molar-refractivity contribution >= 4 is 11.3 Å². The molecule has 1 unspecified atom stereocenters. The summed E-state index contributed by atoms with van der Waals surface area (Å²) in [6, 6.07) is 13.5. The van der Waals surface area contributed by atoms with Crippen LogP contribution in [0.2, 0.25) is 0 Å². The van der Waals surface area contributed by atoms with Gasteiger partial charge in [0, 0.05) is 16.3 Å². The number of thiophene rings is 1. The van der Waals surface area contributed by atoms with Crippen LogP contribution in [-0.4, -0.2) is 6.54 Å². The number of benzene rings is 1. The van der Waals surface area contributed by atoms with Crippen LogP contribution in [0.1, 0.15) is 26.9 Å². The number of fused-ring (bicyclic) bond motifs is 1. The maximum Gasteiger partial charge on any atom is 0.0587 e. The van der Waals surface area contributed by atoms with Crippen LogP contribution in [0.3, 0.4) is 0 Å². The summed E-state index contributed by atoms with van der Waals surface area (Å²) in [6.07, 6.45) is 1.18. The second kappa shape index (κ2) is 4.04. The molecule has 1 nitrogen and oxygen atoms in total. The first-order valence-corrected chi connectivity index (χ1v) is 6.54. The zero-order valence-electron chi connectivity index (χ0n) is 9.36. The molecule has 1 aliphatic heterocycles. The van der Waals surface area contributed by atoms with Crippen molar-refractivity contribution in [2.24, 2.45) is 0 Å². The average Bonchev–Trinajstić information content (AvgIpc) is 2.70. The molecule has 0 saturated carbocycles. The quantitative estimate of drug-likeness (QED) is 0.791. The van der Waals surface area contributed by atoms with Crippen LogP contribution in [0.25, 0.3) is 0 Å². The third kappa shape index (κ3) is 1.68. The number of aryl methyl sites for hydroxylation is 1. The van der Waals surface area contributed by atoms with Gasteiger partial charge in [0.15, 0.2) is 0 Å². The Morgan fingerprint density at radius 1 is 1.25 bits per heavy atom. The van der Waals surface area contributed by atoms with Crippen LogP contribution >= 0.6 is 11.3 Å². The highest BCUT2D eigenvalue weighted by molar-refractivity contribution is 7.12. The van der Waals surface area contributed by atoms with Crippen molar-refractivity contribution in [3.8, 4) is 0 Å². The first kappa shape index (κ1) is 10.1. The molecule has 1 aromatic carbocycles. The molecule has 0 bridgehead atoms. The molecule has 0 spiro atoms. The maximum atomic E-state index is 3.61. The van der Waals surface area contributed by atoms with Gasteiger partial charge in [-0.15, -0.1) is 11.3 Å². The molecule has 16 heavy (non-hydrogen) atoms. The minimum absolute atomic E-state index is 0.398. The molecule has 1 N–H and O–H groups in total. The first-order chi connectivity index (χ1) is 7.84. The molecular weight excluding hydrogens is 214 g/mol. The summed E-state index contributed by atoms with van der Waals surface area (Å²) in [5.74, 6) is 0. The van der Waals surface area contributed by atoms with E-state index in [1.54, 1.807) is 4.88 Å². The van der Waals surface area contributed by atoms with Crippen LogP contribution in [0.4, 0.5) is 0 Å². The Hall–Kier alpha value is -1.12. The van der Waals surface area contributed by atoms with E-state index < -0.39 is 0 Å². The van der Waals surface area contributed by atoms with Crippen molar-refractivity contribution in [2.75, 3.05) is 6.54 Å². The summed E-state index contributed by atoms with van der Waals surface area (Å²) in [5.41, 5.74) is 2.86. The van der Waals surface area contributed by atoms with Gasteiger partial charge in [-0.1, -0.05) is 30.3 Å². The minimum Gasteiger partial charge on any atom is -0.306 e. The lowest BCUT2D eigenvalue weighted by Crippen LogP contribution is -2.29. The van der Waals surface area contributed by atoms with Gasteiger partial charge in [0.25, 0.3) is 0 Å². The lowest BCUT2D eigenvalue weighted by molar-refractivity contribution is 0.575. The number of hydrogen-bond acceptors (Lipinski definition) is 2. The molecule has 82 valence electrons. The summed E-state index contributed by atoms with van der Waals surface area (Å²) in [4.78, 5) is 2.99. The van der Waals surface area contributed by atoms with E-state index in [1.165, 1.54) is 22.4 Å². The van der Waals surface area contributed by atoms with Gasteiger partial charge >= 0.3 is 0 Å². The molecule has 0 radical (unpaired) electrons. The normalized spacial score (nSPS) is 19.4. The van der Waals surface area contributed by atoms with E-state index in [0.717, 1.165) is 6.54 Å². The van der Waals surface area contributed by atoms with Gasteiger partial charge in [0.2, 0.25) is 0 Å². The Labute approximate surface area is 100 Å². The Balaban J connectivity index is 2.05. The monoisotopic (exact) mass is 229 g/mol. The van der Waals surface area contributed by atoms with E-state index in [2.05, 4.69) is 48.6 Å². The van der Waals surface area contributed by atoms with Gasteiger partial charge < -0.3 is 5.32 Å². The minimum atomic E-state index is 0.398. The van der Waals surface area contributed by atoms with Crippen molar-refractivity contribution in [1.82, 2.24) is 5.32 Å². The summed E-state index contributed by atoms with van der Waals surface area (Å²) in [6.45, 7) is 3.29. The fraction of sp³-hybridized carbons (Fsp3) is 0.286. The van der Waals surface area contributed by atoms with Crippen LogP contribution in [0.5, 0.6) is 0 Å². The topological polar surface area (TPSA) is 12.0 Å². The van der Waals surface area contributed by atoms with Crippen LogP contribution in [0.15, 0.2) is 36.4 Å². The Morgan fingerprint density at radius 2 is 2.06 bits per heavy atom. The summed E-state index contributed by atoms with van der Waals surface area (Å²) in [7, 11) is 0. The van der Waals surface area contributed by atoms with Gasteiger partial charge in [0.05, 0.1) is 6.04 Å². The standard InChI is InChI=1S/C14H15NS/c1-10-9-12-13(16-10)7-8-15-14(12)11-5-3-2-4-6-11/h2-6,9,14-15H,7-8H2,1H3. The zero-order valence-corrected chi connectivity index (χ0v) is 10.2. The molecule has 0 saturated heterocycles. The predicted molar refractivity (Wildman–Crippen MR) is 69.0 cm³/mol. The van der Waals surface area contributed by atoms with Gasteiger partial charge in [-0.3, -0.25) is 0 Å². The van der Waals surface area contributed by atoms with E-state index in [0.29, 0.717) is 6.04 Å². The lowest BCUT2D eigenvalue weighted by atomic mass is 9.95. The van der Waals surface area contributed by atoms with Gasteiger partial charge in [0.1, 0.15) is 0 Å².